The average Bonchev–Trinajstić information content (AvgIpc) is 3.36. The lowest BCUT2D eigenvalue weighted by atomic mass is 9.95. The van der Waals surface area contributed by atoms with Crippen LogP contribution in [0.1, 0.15) is 69.3 Å². The first-order valence-corrected chi connectivity index (χ1v) is 12.8. The van der Waals surface area contributed by atoms with Crippen molar-refractivity contribution in [1.82, 2.24) is 20.5 Å². The maximum atomic E-state index is 13.5. The predicted molar refractivity (Wildman–Crippen MR) is 134 cm³/mol. The normalized spacial score (nSPS) is 20.6. The summed E-state index contributed by atoms with van der Waals surface area (Å²) < 4.78 is 0. The van der Waals surface area contributed by atoms with Crippen molar-refractivity contribution in [3.8, 4) is 0 Å². The number of fused-ring (bicyclic) bond motifs is 1. The van der Waals surface area contributed by atoms with Gasteiger partial charge in [0.1, 0.15) is 11.7 Å². The van der Waals surface area contributed by atoms with Gasteiger partial charge in [0, 0.05) is 18.0 Å². The number of hydrogen-bond donors (Lipinski definition) is 3. The van der Waals surface area contributed by atoms with E-state index >= 15 is 0 Å². The highest BCUT2D eigenvalue weighted by molar-refractivity contribution is 5.98. The lowest BCUT2D eigenvalue weighted by Gasteiger charge is -2.33. The molecule has 1 saturated carbocycles. The van der Waals surface area contributed by atoms with Crippen LogP contribution < -0.4 is 10.6 Å². The SMILES string of the molecule is CC(C)[C@H](NC(=O)c1ccc2ccccc2n1)C(=O)N1CCC[C@H]1C(O)C(=O)NC1CCCCC1. The molecule has 188 valence electrons. The van der Waals surface area contributed by atoms with Gasteiger partial charge >= 0.3 is 0 Å². The molecule has 1 saturated heterocycles. The van der Waals surface area contributed by atoms with Gasteiger partial charge in [0.2, 0.25) is 5.91 Å². The first-order valence-electron chi connectivity index (χ1n) is 12.8. The summed E-state index contributed by atoms with van der Waals surface area (Å²) >= 11 is 0. The molecule has 8 nitrogen and oxygen atoms in total. The van der Waals surface area contributed by atoms with E-state index < -0.39 is 30.0 Å². The van der Waals surface area contributed by atoms with Crippen LogP contribution in [-0.4, -0.2) is 63.5 Å². The van der Waals surface area contributed by atoms with Crippen molar-refractivity contribution >= 4 is 28.6 Å². The number of aliphatic hydroxyl groups is 1. The lowest BCUT2D eigenvalue weighted by Crippen LogP contribution is -2.57. The largest absolute Gasteiger partial charge is 0.381 e. The molecule has 2 fully saturated rings. The zero-order chi connectivity index (χ0) is 24.9. The van der Waals surface area contributed by atoms with Crippen LogP contribution in [0.3, 0.4) is 0 Å². The van der Waals surface area contributed by atoms with Crippen LogP contribution >= 0.6 is 0 Å². The van der Waals surface area contributed by atoms with Crippen molar-refractivity contribution < 1.29 is 19.5 Å². The number of aliphatic hydroxyl groups excluding tert-OH is 1. The van der Waals surface area contributed by atoms with Gasteiger partial charge in [0.05, 0.1) is 11.6 Å². The van der Waals surface area contributed by atoms with Crippen molar-refractivity contribution in [3.05, 3.63) is 42.1 Å². The third-order valence-electron chi connectivity index (χ3n) is 7.22. The molecule has 1 unspecified atom stereocenters. The number of nitrogens with one attached hydrogen (secondary N) is 2. The molecule has 1 aromatic carbocycles. The van der Waals surface area contributed by atoms with Gasteiger partial charge < -0.3 is 20.6 Å². The highest BCUT2D eigenvalue weighted by Crippen LogP contribution is 2.24. The number of pyridine rings is 1. The maximum Gasteiger partial charge on any atom is 0.270 e. The molecule has 2 aliphatic rings. The van der Waals surface area contributed by atoms with Gasteiger partial charge in [-0.25, -0.2) is 4.98 Å². The first-order chi connectivity index (χ1) is 16.8. The highest BCUT2D eigenvalue weighted by atomic mass is 16.3. The van der Waals surface area contributed by atoms with Gasteiger partial charge in [-0.3, -0.25) is 14.4 Å². The van der Waals surface area contributed by atoms with E-state index in [9.17, 15) is 19.5 Å². The van der Waals surface area contributed by atoms with Crippen molar-refractivity contribution in [1.29, 1.82) is 0 Å². The van der Waals surface area contributed by atoms with Gasteiger partial charge in [0.15, 0.2) is 6.10 Å². The quantitative estimate of drug-likeness (QED) is 0.564. The Morgan fingerprint density at radius 3 is 2.49 bits per heavy atom. The molecule has 3 N–H and O–H groups in total. The summed E-state index contributed by atoms with van der Waals surface area (Å²) in [6.07, 6.45) is 5.16. The molecule has 8 heteroatoms. The van der Waals surface area contributed by atoms with E-state index in [2.05, 4.69) is 15.6 Å². The molecule has 0 spiro atoms. The maximum absolute atomic E-state index is 13.5. The number of aromatic nitrogens is 1. The van der Waals surface area contributed by atoms with Gasteiger partial charge in [0.25, 0.3) is 11.8 Å². The molecule has 35 heavy (non-hydrogen) atoms. The zero-order valence-electron chi connectivity index (χ0n) is 20.6. The Bertz CT molecular complexity index is 1070. The number of nitrogens with zero attached hydrogens (tertiary/aromatic N) is 2. The Morgan fingerprint density at radius 1 is 1.00 bits per heavy atom. The molecule has 1 aromatic heterocycles. The predicted octanol–water partition coefficient (Wildman–Crippen LogP) is 2.79. The number of amides is 3. The van der Waals surface area contributed by atoms with Crippen LogP contribution in [-0.2, 0) is 9.59 Å². The number of carbonyl (C=O) groups excluding carboxylic acids is 3. The summed E-state index contributed by atoms with van der Waals surface area (Å²) in [4.78, 5) is 45.3. The number of hydrogen-bond acceptors (Lipinski definition) is 5. The second-order valence-electron chi connectivity index (χ2n) is 10.1. The topological polar surface area (TPSA) is 112 Å². The number of benzene rings is 1. The molecule has 0 bridgehead atoms. The number of carbonyl (C=O) groups is 3. The van der Waals surface area contributed by atoms with Gasteiger partial charge in [-0.1, -0.05) is 57.4 Å². The van der Waals surface area contributed by atoms with E-state index in [0.29, 0.717) is 24.9 Å². The Morgan fingerprint density at radius 2 is 1.74 bits per heavy atom. The van der Waals surface area contributed by atoms with Crippen LogP contribution in [0.5, 0.6) is 0 Å². The Balaban J connectivity index is 1.44. The van der Waals surface area contributed by atoms with Crippen molar-refractivity contribution in [2.45, 2.75) is 83.0 Å². The van der Waals surface area contributed by atoms with Gasteiger partial charge in [-0.05, 0) is 43.7 Å². The van der Waals surface area contributed by atoms with E-state index in [1.165, 1.54) is 6.42 Å². The second-order valence-corrected chi connectivity index (χ2v) is 10.1. The molecule has 1 aliphatic carbocycles. The summed E-state index contributed by atoms with van der Waals surface area (Å²) in [7, 11) is 0. The summed E-state index contributed by atoms with van der Waals surface area (Å²) in [5.74, 6) is -1.29. The van der Waals surface area contributed by atoms with Crippen LogP contribution in [0.15, 0.2) is 36.4 Å². The average molecular weight is 481 g/mol. The summed E-state index contributed by atoms with van der Waals surface area (Å²) in [5.41, 5.74) is 0.950. The molecule has 3 amide bonds. The Kier molecular flexibility index (Phi) is 8.00. The smallest absolute Gasteiger partial charge is 0.270 e. The number of para-hydroxylation sites is 1. The minimum absolute atomic E-state index is 0.0913. The van der Waals surface area contributed by atoms with E-state index in [1.807, 2.05) is 44.2 Å². The van der Waals surface area contributed by atoms with Crippen LogP contribution in [0.25, 0.3) is 10.9 Å². The molecular weight excluding hydrogens is 444 g/mol. The lowest BCUT2D eigenvalue weighted by molar-refractivity contribution is -0.141. The van der Waals surface area contributed by atoms with Crippen LogP contribution in [0, 0.1) is 5.92 Å². The summed E-state index contributed by atoms with van der Waals surface area (Å²) in [5, 5.41) is 17.6. The molecule has 3 atom stereocenters. The van der Waals surface area contributed by atoms with E-state index in [4.69, 9.17) is 0 Å². The minimum Gasteiger partial charge on any atom is -0.381 e. The van der Waals surface area contributed by atoms with Crippen molar-refractivity contribution in [2.75, 3.05) is 6.54 Å². The fourth-order valence-electron chi connectivity index (χ4n) is 5.20. The minimum atomic E-state index is -1.28. The van der Waals surface area contributed by atoms with Crippen LogP contribution in [0.2, 0.25) is 0 Å². The van der Waals surface area contributed by atoms with Gasteiger partial charge in [-0.15, -0.1) is 0 Å². The molecule has 2 heterocycles. The van der Waals surface area contributed by atoms with E-state index in [0.717, 1.165) is 31.1 Å². The highest BCUT2D eigenvalue weighted by Gasteiger charge is 2.41. The zero-order valence-corrected chi connectivity index (χ0v) is 20.6. The summed E-state index contributed by atoms with van der Waals surface area (Å²) in [6.45, 7) is 4.19. The fourth-order valence-corrected chi connectivity index (χ4v) is 5.20. The van der Waals surface area contributed by atoms with Crippen LogP contribution in [0.4, 0.5) is 0 Å². The Labute approximate surface area is 206 Å². The summed E-state index contributed by atoms with van der Waals surface area (Å²) in [6, 6.07) is 9.73. The second kappa shape index (κ2) is 11.2. The molecule has 1 aliphatic heterocycles. The van der Waals surface area contributed by atoms with Crippen molar-refractivity contribution in [2.24, 2.45) is 5.92 Å². The number of rotatable bonds is 7. The monoisotopic (exact) mass is 480 g/mol. The van der Waals surface area contributed by atoms with Crippen molar-refractivity contribution in [3.63, 3.8) is 0 Å². The first kappa shape index (κ1) is 25.1. The molecule has 4 rings (SSSR count). The third-order valence-corrected chi connectivity index (χ3v) is 7.22. The molecule has 2 aromatic rings. The van der Waals surface area contributed by atoms with E-state index in [1.54, 1.807) is 11.0 Å². The Hall–Kier alpha value is -3.00. The molecular formula is C27H36N4O4. The van der Waals surface area contributed by atoms with E-state index in [-0.39, 0.29) is 23.6 Å². The fraction of sp³-hybridized carbons (Fsp3) is 0.556. The molecule has 0 radical (unpaired) electrons. The standard InChI is InChI=1S/C27H36N4O4/c1-17(2)23(30-25(33)21-15-14-18-9-6-7-12-20(18)29-21)27(35)31-16-8-13-22(31)24(32)26(34)28-19-10-4-3-5-11-19/h6-7,9,12,14-15,17,19,22-24,32H,3-5,8,10-11,13,16H2,1-2H3,(H,28,34)(H,30,33)/t22-,23-,24?/m0/s1. The third kappa shape index (κ3) is 5.81. The number of likely N-dealkylation sites (tertiary alicyclic amines) is 1. The van der Waals surface area contributed by atoms with Gasteiger partial charge in [-0.2, -0.15) is 0 Å².